The molecule has 0 aliphatic carbocycles. The SMILES string of the molecule is Cc1ccc(-c2cc(C(=O)N3CCN(Cc4ccccc4F)CC3)no2)cc1.Cl. The van der Waals surface area contributed by atoms with Gasteiger partial charge in [-0.25, -0.2) is 4.39 Å². The minimum Gasteiger partial charge on any atom is -0.355 e. The van der Waals surface area contributed by atoms with E-state index in [0.29, 0.717) is 49.7 Å². The average molecular weight is 416 g/mol. The summed E-state index contributed by atoms with van der Waals surface area (Å²) in [7, 11) is 0. The van der Waals surface area contributed by atoms with Crippen LogP contribution in [0.5, 0.6) is 0 Å². The number of aromatic nitrogens is 1. The zero-order valence-corrected chi connectivity index (χ0v) is 17.0. The van der Waals surface area contributed by atoms with Gasteiger partial charge in [0.25, 0.3) is 5.91 Å². The van der Waals surface area contributed by atoms with Gasteiger partial charge in [-0.2, -0.15) is 0 Å². The number of rotatable bonds is 4. The Balaban J connectivity index is 0.00000240. The standard InChI is InChI=1S/C22H22FN3O2.ClH/c1-16-6-8-17(9-7-16)21-14-20(24-28-21)22(27)26-12-10-25(11-13-26)15-18-4-2-3-5-19(18)23;/h2-9,14H,10-13,15H2,1H3;1H. The first-order chi connectivity index (χ1) is 13.6. The van der Waals surface area contributed by atoms with Gasteiger partial charge in [0.05, 0.1) is 0 Å². The van der Waals surface area contributed by atoms with Gasteiger partial charge in [-0.3, -0.25) is 9.69 Å². The zero-order chi connectivity index (χ0) is 19.5. The molecule has 2 heterocycles. The molecule has 29 heavy (non-hydrogen) atoms. The second kappa shape index (κ2) is 9.20. The van der Waals surface area contributed by atoms with E-state index in [2.05, 4.69) is 10.1 Å². The first-order valence-corrected chi connectivity index (χ1v) is 9.39. The van der Waals surface area contributed by atoms with Crippen molar-refractivity contribution in [2.24, 2.45) is 0 Å². The van der Waals surface area contributed by atoms with Gasteiger partial charge in [0, 0.05) is 49.9 Å². The third kappa shape index (κ3) is 4.83. The molecular formula is C22H23ClFN3O2. The molecule has 7 heteroatoms. The van der Waals surface area contributed by atoms with Gasteiger partial charge in [-0.15, -0.1) is 12.4 Å². The lowest BCUT2D eigenvalue weighted by atomic mass is 10.1. The van der Waals surface area contributed by atoms with Gasteiger partial charge in [-0.05, 0) is 13.0 Å². The first-order valence-electron chi connectivity index (χ1n) is 9.39. The van der Waals surface area contributed by atoms with E-state index in [-0.39, 0.29) is 24.1 Å². The van der Waals surface area contributed by atoms with E-state index in [1.807, 2.05) is 37.3 Å². The summed E-state index contributed by atoms with van der Waals surface area (Å²) in [5.41, 5.74) is 3.05. The normalized spacial score (nSPS) is 14.5. The molecule has 5 nitrogen and oxygen atoms in total. The molecule has 1 aliphatic rings. The van der Waals surface area contributed by atoms with E-state index in [4.69, 9.17) is 4.52 Å². The fourth-order valence-electron chi connectivity index (χ4n) is 3.37. The van der Waals surface area contributed by atoms with Gasteiger partial charge in [0.15, 0.2) is 11.5 Å². The Morgan fingerprint density at radius 2 is 1.76 bits per heavy atom. The third-order valence-corrected chi connectivity index (χ3v) is 5.08. The van der Waals surface area contributed by atoms with Crippen molar-refractivity contribution >= 4 is 18.3 Å². The number of carbonyl (C=O) groups is 1. The third-order valence-electron chi connectivity index (χ3n) is 5.08. The van der Waals surface area contributed by atoms with Crippen LogP contribution in [0.15, 0.2) is 59.1 Å². The van der Waals surface area contributed by atoms with Gasteiger partial charge in [0.2, 0.25) is 0 Å². The molecule has 4 rings (SSSR count). The van der Waals surface area contributed by atoms with E-state index in [1.54, 1.807) is 23.1 Å². The molecule has 0 saturated carbocycles. The monoisotopic (exact) mass is 415 g/mol. The van der Waals surface area contributed by atoms with Crippen molar-refractivity contribution in [3.63, 3.8) is 0 Å². The molecule has 2 aromatic carbocycles. The number of halogens is 2. The molecule has 1 aromatic heterocycles. The minimum atomic E-state index is -0.188. The highest BCUT2D eigenvalue weighted by atomic mass is 35.5. The van der Waals surface area contributed by atoms with Crippen molar-refractivity contribution in [2.75, 3.05) is 26.2 Å². The van der Waals surface area contributed by atoms with Crippen LogP contribution in [0.3, 0.4) is 0 Å². The highest BCUT2D eigenvalue weighted by molar-refractivity contribution is 5.93. The van der Waals surface area contributed by atoms with Crippen LogP contribution in [-0.4, -0.2) is 47.0 Å². The van der Waals surface area contributed by atoms with Gasteiger partial charge in [-0.1, -0.05) is 53.2 Å². The van der Waals surface area contributed by atoms with Crippen molar-refractivity contribution in [1.29, 1.82) is 0 Å². The van der Waals surface area contributed by atoms with Crippen molar-refractivity contribution in [2.45, 2.75) is 13.5 Å². The predicted octanol–water partition coefficient (Wildman–Crippen LogP) is 4.17. The second-order valence-electron chi connectivity index (χ2n) is 7.10. The second-order valence-corrected chi connectivity index (χ2v) is 7.10. The van der Waals surface area contributed by atoms with Crippen LogP contribution in [0, 0.1) is 12.7 Å². The highest BCUT2D eigenvalue weighted by Gasteiger charge is 2.25. The fourth-order valence-corrected chi connectivity index (χ4v) is 3.37. The quantitative estimate of drug-likeness (QED) is 0.641. The number of piperazine rings is 1. The summed E-state index contributed by atoms with van der Waals surface area (Å²) in [6, 6.07) is 16.4. The molecule has 152 valence electrons. The summed E-state index contributed by atoms with van der Waals surface area (Å²) < 4.78 is 19.2. The Hall–Kier alpha value is -2.70. The van der Waals surface area contributed by atoms with E-state index >= 15 is 0 Å². The molecule has 0 radical (unpaired) electrons. The molecule has 1 saturated heterocycles. The van der Waals surface area contributed by atoms with Crippen LogP contribution < -0.4 is 0 Å². The maximum atomic E-state index is 13.8. The van der Waals surface area contributed by atoms with Crippen molar-refractivity contribution in [3.05, 3.63) is 77.2 Å². The van der Waals surface area contributed by atoms with Crippen molar-refractivity contribution in [1.82, 2.24) is 15.0 Å². The molecule has 0 N–H and O–H groups in total. The van der Waals surface area contributed by atoms with Crippen LogP contribution in [0.1, 0.15) is 21.6 Å². The van der Waals surface area contributed by atoms with E-state index in [0.717, 1.165) is 11.1 Å². The summed E-state index contributed by atoms with van der Waals surface area (Å²) in [4.78, 5) is 16.7. The lowest BCUT2D eigenvalue weighted by Gasteiger charge is -2.34. The largest absolute Gasteiger partial charge is 0.355 e. The molecule has 1 amide bonds. The van der Waals surface area contributed by atoms with Crippen molar-refractivity contribution < 1.29 is 13.7 Å². The summed E-state index contributed by atoms with van der Waals surface area (Å²) in [5.74, 6) is 0.265. The Bertz CT molecular complexity index is 966. The van der Waals surface area contributed by atoms with Gasteiger partial charge < -0.3 is 9.42 Å². The number of hydrogen-bond donors (Lipinski definition) is 0. The fraction of sp³-hybridized carbons (Fsp3) is 0.273. The molecule has 0 spiro atoms. The number of nitrogens with zero attached hydrogens (tertiary/aromatic N) is 3. The van der Waals surface area contributed by atoms with E-state index in [1.165, 1.54) is 6.07 Å². The van der Waals surface area contributed by atoms with Gasteiger partial charge >= 0.3 is 0 Å². The summed E-state index contributed by atoms with van der Waals surface area (Å²) in [6.45, 7) is 5.13. The lowest BCUT2D eigenvalue weighted by molar-refractivity contribution is 0.0617. The van der Waals surface area contributed by atoms with E-state index in [9.17, 15) is 9.18 Å². The number of benzene rings is 2. The van der Waals surface area contributed by atoms with Crippen LogP contribution >= 0.6 is 12.4 Å². The van der Waals surface area contributed by atoms with E-state index < -0.39 is 0 Å². The van der Waals surface area contributed by atoms with Crippen LogP contribution in [0.2, 0.25) is 0 Å². The van der Waals surface area contributed by atoms with Crippen LogP contribution in [0.25, 0.3) is 11.3 Å². The smallest absolute Gasteiger partial charge is 0.276 e. The Morgan fingerprint density at radius 1 is 1.07 bits per heavy atom. The summed E-state index contributed by atoms with van der Waals surface area (Å²) in [5, 5.41) is 3.96. The number of aryl methyl sites for hydroxylation is 1. The Labute approximate surface area is 175 Å². The number of carbonyl (C=O) groups excluding carboxylic acids is 1. The Kier molecular flexibility index (Phi) is 6.67. The molecular weight excluding hydrogens is 393 g/mol. The molecule has 1 fully saturated rings. The zero-order valence-electron chi connectivity index (χ0n) is 16.2. The number of hydrogen-bond acceptors (Lipinski definition) is 4. The lowest BCUT2D eigenvalue weighted by Crippen LogP contribution is -2.48. The summed E-state index contributed by atoms with van der Waals surface area (Å²) in [6.07, 6.45) is 0. The summed E-state index contributed by atoms with van der Waals surface area (Å²) >= 11 is 0. The van der Waals surface area contributed by atoms with Crippen LogP contribution in [-0.2, 0) is 6.54 Å². The molecule has 1 aliphatic heterocycles. The molecule has 0 bridgehead atoms. The maximum Gasteiger partial charge on any atom is 0.276 e. The molecule has 0 unspecified atom stereocenters. The minimum absolute atomic E-state index is 0. The topological polar surface area (TPSA) is 49.6 Å². The maximum absolute atomic E-state index is 13.8. The van der Waals surface area contributed by atoms with Crippen LogP contribution in [0.4, 0.5) is 4.39 Å². The highest BCUT2D eigenvalue weighted by Crippen LogP contribution is 2.22. The predicted molar refractivity (Wildman–Crippen MR) is 112 cm³/mol. The molecule has 3 aromatic rings. The van der Waals surface area contributed by atoms with Gasteiger partial charge in [0.1, 0.15) is 5.82 Å². The van der Waals surface area contributed by atoms with Crippen molar-refractivity contribution in [3.8, 4) is 11.3 Å². The average Bonchev–Trinajstić information content (AvgIpc) is 3.20. The number of amides is 1. The molecule has 0 atom stereocenters. The Morgan fingerprint density at radius 3 is 2.45 bits per heavy atom. The first kappa shape index (κ1) is 21.0.